The lowest BCUT2D eigenvalue weighted by Crippen LogP contribution is -2.15. The fourth-order valence-corrected chi connectivity index (χ4v) is 4.08. The zero-order valence-electron chi connectivity index (χ0n) is 12.4. The molecule has 3 aromatic rings. The van der Waals surface area contributed by atoms with E-state index in [1.165, 1.54) is 12.1 Å². The third-order valence-electron chi connectivity index (χ3n) is 3.71. The molecule has 0 amide bonds. The highest BCUT2D eigenvalue weighted by Crippen LogP contribution is 2.26. The largest absolute Gasteiger partial charge is 0.390 e. The lowest BCUT2D eigenvalue weighted by Gasteiger charge is -2.11. The summed E-state index contributed by atoms with van der Waals surface area (Å²) in [5, 5.41) is 10.1. The second kappa shape index (κ2) is 5.64. The molecule has 0 unspecified atom stereocenters. The number of fused-ring (bicyclic) bond motifs is 1. The highest BCUT2D eigenvalue weighted by atomic mass is 32.2. The van der Waals surface area contributed by atoms with Crippen molar-refractivity contribution in [3.05, 3.63) is 65.4 Å². The Labute approximate surface area is 133 Å². The fraction of sp³-hybridized carbons (Fsp3) is 0.118. The Bertz CT molecular complexity index is 985. The van der Waals surface area contributed by atoms with Crippen LogP contribution in [0, 0.1) is 6.92 Å². The van der Waals surface area contributed by atoms with E-state index in [2.05, 4.69) is 0 Å². The van der Waals surface area contributed by atoms with Crippen LogP contribution in [0.2, 0.25) is 0 Å². The maximum atomic E-state index is 12.9. The summed E-state index contributed by atoms with van der Waals surface area (Å²) in [4.78, 5) is 11.0. The summed E-state index contributed by atoms with van der Waals surface area (Å²) in [6.45, 7) is 1.46. The summed E-state index contributed by atoms with van der Waals surface area (Å²) in [6, 6.07) is 12.8. The first kappa shape index (κ1) is 15.5. The Morgan fingerprint density at radius 2 is 1.78 bits per heavy atom. The molecule has 23 heavy (non-hydrogen) atoms. The van der Waals surface area contributed by atoms with Gasteiger partial charge in [0.2, 0.25) is 0 Å². The van der Waals surface area contributed by atoms with Gasteiger partial charge in [0.05, 0.1) is 22.7 Å². The first-order valence-corrected chi connectivity index (χ1v) is 8.44. The molecule has 0 atom stereocenters. The summed E-state index contributed by atoms with van der Waals surface area (Å²) >= 11 is 0. The van der Waals surface area contributed by atoms with Gasteiger partial charge in [-0.3, -0.25) is 4.79 Å². The summed E-state index contributed by atoms with van der Waals surface area (Å²) in [5.74, 6) is 0. The Morgan fingerprint density at radius 3 is 2.39 bits per heavy atom. The van der Waals surface area contributed by atoms with Crippen molar-refractivity contribution < 1.29 is 18.3 Å². The van der Waals surface area contributed by atoms with Crippen LogP contribution in [0.1, 0.15) is 21.6 Å². The molecule has 1 N–H and O–H groups in total. The second-order valence-electron chi connectivity index (χ2n) is 5.31. The molecular formula is C17H15NO4S. The van der Waals surface area contributed by atoms with Crippen LogP contribution in [0.4, 0.5) is 0 Å². The van der Waals surface area contributed by atoms with Crippen LogP contribution >= 0.6 is 0 Å². The number of carbonyl (C=O) groups is 1. The van der Waals surface area contributed by atoms with Crippen LogP contribution in [0.5, 0.6) is 0 Å². The third kappa shape index (κ3) is 2.56. The molecule has 0 aliphatic heterocycles. The van der Waals surface area contributed by atoms with E-state index in [9.17, 15) is 18.3 Å². The normalized spacial score (nSPS) is 11.7. The van der Waals surface area contributed by atoms with Crippen molar-refractivity contribution in [2.45, 2.75) is 18.4 Å². The molecule has 0 aliphatic rings. The average molecular weight is 329 g/mol. The topological polar surface area (TPSA) is 76.4 Å². The molecule has 0 radical (unpaired) electrons. The van der Waals surface area contributed by atoms with E-state index in [4.69, 9.17) is 0 Å². The van der Waals surface area contributed by atoms with Gasteiger partial charge in [-0.05, 0) is 43.3 Å². The number of hydrogen-bond donors (Lipinski definition) is 1. The highest BCUT2D eigenvalue weighted by molar-refractivity contribution is 7.90. The maximum Gasteiger partial charge on any atom is 0.268 e. The van der Waals surface area contributed by atoms with Crippen molar-refractivity contribution >= 4 is 27.2 Å². The lowest BCUT2D eigenvalue weighted by atomic mass is 10.2. The number of aliphatic hydroxyl groups is 1. The minimum absolute atomic E-state index is 0.148. The van der Waals surface area contributed by atoms with E-state index in [-0.39, 0.29) is 10.6 Å². The predicted molar refractivity (Wildman–Crippen MR) is 87.0 cm³/mol. The molecule has 5 nitrogen and oxygen atoms in total. The van der Waals surface area contributed by atoms with Gasteiger partial charge < -0.3 is 5.11 Å². The number of hydrogen-bond acceptors (Lipinski definition) is 4. The van der Waals surface area contributed by atoms with Crippen LogP contribution in [-0.2, 0) is 16.6 Å². The number of rotatable bonds is 4. The van der Waals surface area contributed by atoms with Crippen LogP contribution in [0.25, 0.3) is 10.9 Å². The Balaban J connectivity index is 2.29. The molecule has 2 aromatic carbocycles. The Hall–Kier alpha value is -2.44. The second-order valence-corrected chi connectivity index (χ2v) is 7.10. The number of nitrogens with zero attached hydrogens (tertiary/aromatic N) is 1. The van der Waals surface area contributed by atoms with Crippen LogP contribution in [0.15, 0.2) is 53.4 Å². The van der Waals surface area contributed by atoms with Crippen LogP contribution in [-0.4, -0.2) is 23.8 Å². The molecule has 0 saturated heterocycles. The molecule has 1 heterocycles. The standard InChI is InChI=1S/C17H15NO4S/c1-12-2-5-16(6-3-12)23(21,22)18-15(11-20)9-14-8-13(10-19)4-7-17(14)18/h2-10,20H,11H2,1H3. The first-order chi connectivity index (χ1) is 11.0. The highest BCUT2D eigenvalue weighted by Gasteiger charge is 2.22. The van der Waals surface area contributed by atoms with E-state index in [0.29, 0.717) is 22.8 Å². The van der Waals surface area contributed by atoms with Crippen molar-refractivity contribution in [2.75, 3.05) is 0 Å². The minimum Gasteiger partial charge on any atom is -0.390 e. The van der Waals surface area contributed by atoms with Crippen molar-refractivity contribution in [2.24, 2.45) is 0 Å². The molecule has 0 saturated carbocycles. The minimum atomic E-state index is -3.83. The number of aldehydes is 1. The van der Waals surface area contributed by atoms with Gasteiger partial charge in [-0.1, -0.05) is 17.7 Å². The predicted octanol–water partition coefficient (Wildman–Crippen LogP) is 2.49. The van der Waals surface area contributed by atoms with Crippen LogP contribution in [0.3, 0.4) is 0 Å². The summed E-state index contributed by atoms with van der Waals surface area (Å²) in [7, 11) is -3.83. The monoisotopic (exact) mass is 329 g/mol. The third-order valence-corrected chi connectivity index (χ3v) is 5.49. The van der Waals surface area contributed by atoms with Crippen molar-refractivity contribution in [1.82, 2.24) is 3.97 Å². The lowest BCUT2D eigenvalue weighted by molar-refractivity contribution is 0.112. The van der Waals surface area contributed by atoms with Crippen molar-refractivity contribution in [3.8, 4) is 0 Å². The number of aliphatic hydroxyl groups excluding tert-OH is 1. The zero-order chi connectivity index (χ0) is 16.6. The van der Waals surface area contributed by atoms with Gasteiger partial charge in [-0.15, -0.1) is 0 Å². The summed E-state index contributed by atoms with van der Waals surface area (Å²) < 4.78 is 27.0. The smallest absolute Gasteiger partial charge is 0.268 e. The van der Waals surface area contributed by atoms with E-state index < -0.39 is 16.6 Å². The van der Waals surface area contributed by atoms with E-state index >= 15 is 0 Å². The van der Waals surface area contributed by atoms with Gasteiger partial charge in [0.25, 0.3) is 10.0 Å². The van der Waals surface area contributed by atoms with Crippen molar-refractivity contribution in [3.63, 3.8) is 0 Å². The van der Waals surface area contributed by atoms with E-state index in [0.717, 1.165) is 9.54 Å². The van der Waals surface area contributed by atoms with Gasteiger partial charge in [-0.25, -0.2) is 12.4 Å². The molecular weight excluding hydrogens is 314 g/mol. The molecule has 0 aliphatic carbocycles. The van der Waals surface area contributed by atoms with Gasteiger partial charge in [-0.2, -0.15) is 0 Å². The first-order valence-electron chi connectivity index (χ1n) is 7.00. The molecule has 118 valence electrons. The molecule has 6 heteroatoms. The Morgan fingerprint density at radius 1 is 1.09 bits per heavy atom. The molecule has 0 fully saturated rings. The van der Waals surface area contributed by atoms with Gasteiger partial charge in [0, 0.05) is 10.9 Å². The SMILES string of the molecule is Cc1ccc(S(=O)(=O)n2c(CO)cc3cc(C=O)ccc32)cc1. The number of benzene rings is 2. The van der Waals surface area contributed by atoms with Gasteiger partial charge in [0.15, 0.2) is 0 Å². The van der Waals surface area contributed by atoms with Crippen LogP contribution < -0.4 is 0 Å². The molecule has 0 bridgehead atoms. The quantitative estimate of drug-likeness (QED) is 0.746. The fourth-order valence-electron chi connectivity index (χ4n) is 2.55. The van der Waals surface area contributed by atoms with Crippen molar-refractivity contribution in [1.29, 1.82) is 0 Å². The number of aryl methyl sites for hydroxylation is 1. The summed E-state index contributed by atoms with van der Waals surface area (Å²) in [6.07, 6.45) is 0.698. The van der Waals surface area contributed by atoms with E-state index in [1.54, 1.807) is 36.4 Å². The van der Waals surface area contributed by atoms with Gasteiger partial charge >= 0.3 is 0 Å². The average Bonchev–Trinajstić information content (AvgIpc) is 2.93. The van der Waals surface area contributed by atoms with E-state index in [1.807, 2.05) is 6.92 Å². The molecule has 0 spiro atoms. The summed E-state index contributed by atoms with van der Waals surface area (Å²) in [5.41, 5.74) is 2.09. The molecule has 3 rings (SSSR count). The van der Waals surface area contributed by atoms with Gasteiger partial charge in [0.1, 0.15) is 6.29 Å². The maximum absolute atomic E-state index is 12.9. The number of aromatic nitrogens is 1. The Kier molecular flexibility index (Phi) is 3.79. The zero-order valence-corrected chi connectivity index (χ0v) is 13.2. The molecule has 1 aromatic heterocycles. The number of carbonyl (C=O) groups excluding carboxylic acids is 1.